The summed E-state index contributed by atoms with van der Waals surface area (Å²) in [6.07, 6.45) is 0. The normalized spacial score (nSPS) is 18.2. The summed E-state index contributed by atoms with van der Waals surface area (Å²) in [7, 11) is 0. The highest BCUT2D eigenvalue weighted by molar-refractivity contribution is 6.51. The van der Waals surface area contributed by atoms with Crippen LogP contribution in [-0.2, 0) is 9.59 Å². The van der Waals surface area contributed by atoms with E-state index in [4.69, 9.17) is 0 Å². The van der Waals surface area contributed by atoms with Crippen LogP contribution in [0.1, 0.15) is 17.2 Å². The molecule has 1 heterocycles. The first-order valence-electron chi connectivity index (χ1n) is 8.88. The van der Waals surface area contributed by atoms with Crippen LogP contribution in [0.5, 0.6) is 5.75 Å². The van der Waals surface area contributed by atoms with Crippen molar-refractivity contribution in [3.63, 3.8) is 0 Å². The van der Waals surface area contributed by atoms with E-state index in [2.05, 4.69) is 0 Å². The molecule has 4 rings (SSSR count). The van der Waals surface area contributed by atoms with Crippen molar-refractivity contribution >= 4 is 23.1 Å². The van der Waals surface area contributed by atoms with Gasteiger partial charge in [0.15, 0.2) is 0 Å². The number of hydrogen-bond acceptors (Lipinski definition) is 4. The van der Waals surface area contributed by atoms with Gasteiger partial charge in [-0.15, -0.1) is 0 Å². The van der Waals surface area contributed by atoms with Gasteiger partial charge in [0, 0.05) is 11.3 Å². The summed E-state index contributed by atoms with van der Waals surface area (Å²) in [5, 5.41) is 20.4. The number of hydrogen-bond donors (Lipinski definition) is 2. The highest BCUT2D eigenvalue weighted by Crippen LogP contribution is 2.42. The topological polar surface area (TPSA) is 77.8 Å². The number of aromatic hydroxyl groups is 1. The number of halogens is 1. The number of Topliss-reactive ketones (excluding diaryl/α,β-unsaturated/α-hetero) is 1. The molecule has 1 unspecified atom stereocenters. The highest BCUT2D eigenvalue weighted by atomic mass is 19.1. The summed E-state index contributed by atoms with van der Waals surface area (Å²) in [6, 6.07) is 18.6. The number of ketones is 1. The number of amides is 1. The van der Waals surface area contributed by atoms with Crippen LogP contribution in [0.2, 0.25) is 0 Å². The number of carbonyl (C=O) groups is 2. The molecule has 1 saturated heterocycles. The third-order valence-corrected chi connectivity index (χ3v) is 4.78. The second-order valence-corrected chi connectivity index (χ2v) is 6.61. The minimum Gasteiger partial charge on any atom is -0.508 e. The summed E-state index contributed by atoms with van der Waals surface area (Å²) in [5.74, 6) is -2.58. The number of rotatable bonds is 3. The van der Waals surface area contributed by atoms with Crippen LogP contribution >= 0.6 is 0 Å². The summed E-state index contributed by atoms with van der Waals surface area (Å²) < 4.78 is 13.9. The second kappa shape index (κ2) is 7.24. The Hall–Kier alpha value is -3.93. The maximum Gasteiger partial charge on any atom is 0.300 e. The van der Waals surface area contributed by atoms with Crippen molar-refractivity contribution in [2.45, 2.75) is 6.04 Å². The zero-order valence-corrected chi connectivity index (χ0v) is 15.1. The molecule has 1 atom stereocenters. The van der Waals surface area contributed by atoms with Crippen molar-refractivity contribution in [1.82, 2.24) is 0 Å². The molecule has 1 aliphatic rings. The van der Waals surface area contributed by atoms with E-state index in [1.165, 1.54) is 47.4 Å². The maximum atomic E-state index is 13.9. The number of phenols is 1. The van der Waals surface area contributed by atoms with Gasteiger partial charge in [-0.1, -0.05) is 42.5 Å². The van der Waals surface area contributed by atoms with Gasteiger partial charge in [0.2, 0.25) is 0 Å². The molecule has 29 heavy (non-hydrogen) atoms. The molecular weight excluding hydrogens is 373 g/mol. The Labute approximate surface area is 166 Å². The van der Waals surface area contributed by atoms with Gasteiger partial charge in [0.1, 0.15) is 17.3 Å². The molecular formula is C23H16FNO4. The van der Waals surface area contributed by atoms with Crippen LogP contribution in [0.4, 0.5) is 10.1 Å². The van der Waals surface area contributed by atoms with Crippen LogP contribution in [0.3, 0.4) is 0 Å². The van der Waals surface area contributed by atoms with Crippen LogP contribution in [-0.4, -0.2) is 21.9 Å². The lowest BCUT2D eigenvalue weighted by Gasteiger charge is -2.25. The van der Waals surface area contributed by atoms with Gasteiger partial charge in [-0.25, -0.2) is 4.39 Å². The molecule has 0 saturated carbocycles. The van der Waals surface area contributed by atoms with E-state index in [1.807, 2.05) is 0 Å². The van der Waals surface area contributed by atoms with Crippen LogP contribution in [0, 0.1) is 5.82 Å². The Kier molecular flexibility index (Phi) is 4.60. The van der Waals surface area contributed by atoms with Crippen LogP contribution < -0.4 is 4.90 Å². The van der Waals surface area contributed by atoms with Crippen molar-refractivity contribution in [2.24, 2.45) is 0 Å². The first-order valence-corrected chi connectivity index (χ1v) is 8.88. The highest BCUT2D eigenvalue weighted by Gasteiger charge is 2.47. The lowest BCUT2D eigenvalue weighted by molar-refractivity contribution is -0.132. The maximum absolute atomic E-state index is 13.9. The largest absolute Gasteiger partial charge is 0.508 e. The number of anilines is 1. The van der Waals surface area contributed by atoms with Gasteiger partial charge in [0.05, 0.1) is 11.6 Å². The third kappa shape index (κ3) is 3.25. The average Bonchev–Trinajstić information content (AvgIpc) is 3.00. The Morgan fingerprint density at radius 1 is 0.897 bits per heavy atom. The molecule has 5 nitrogen and oxygen atoms in total. The standard InChI is InChI=1S/C23H16FNO4/c24-16-8-4-7-15(13-16)20-19(21(27)14-5-2-1-3-6-14)22(28)23(29)25(20)17-9-11-18(26)12-10-17/h1-13,20,26-27H/b21-19-. The smallest absolute Gasteiger partial charge is 0.300 e. The second-order valence-electron chi connectivity index (χ2n) is 6.61. The van der Waals surface area contributed by atoms with Gasteiger partial charge in [-0.3, -0.25) is 14.5 Å². The molecule has 1 fully saturated rings. The van der Waals surface area contributed by atoms with Crippen molar-refractivity contribution in [3.8, 4) is 5.75 Å². The van der Waals surface area contributed by atoms with Crippen molar-refractivity contribution in [2.75, 3.05) is 4.90 Å². The van der Waals surface area contributed by atoms with Crippen molar-refractivity contribution in [1.29, 1.82) is 0 Å². The lowest BCUT2D eigenvalue weighted by atomic mass is 9.95. The fourth-order valence-corrected chi connectivity index (χ4v) is 3.46. The monoisotopic (exact) mass is 389 g/mol. The van der Waals surface area contributed by atoms with E-state index in [1.54, 1.807) is 36.4 Å². The summed E-state index contributed by atoms with van der Waals surface area (Å²) in [4.78, 5) is 27.0. The van der Waals surface area contributed by atoms with E-state index in [0.717, 1.165) is 0 Å². The molecule has 1 amide bonds. The van der Waals surface area contributed by atoms with Crippen LogP contribution in [0.25, 0.3) is 5.76 Å². The predicted octanol–water partition coefficient (Wildman–Crippen LogP) is 4.16. The molecule has 6 heteroatoms. The summed E-state index contributed by atoms with van der Waals surface area (Å²) >= 11 is 0. The molecule has 0 spiro atoms. The molecule has 3 aromatic rings. The number of nitrogens with zero attached hydrogens (tertiary/aromatic N) is 1. The molecule has 0 radical (unpaired) electrons. The molecule has 144 valence electrons. The zero-order valence-electron chi connectivity index (χ0n) is 15.1. The quantitative estimate of drug-likeness (QED) is 0.401. The van der Waals surface area contributed by atoms with E-state index < -0.39 is 23.5 Å². The van der Waals surface area contributed by atoms with Crippen molar-refractivity contribution in [3.05, 3.63) is 101 Å². The molecule has 0 aromatic heterocycles. The van der Waals surface area contributed by atoms with Gasteiger partial charge in [-0.2, -0.15) is 0 Å². The molecule has 1 aliphatic heterocycles. The predicted molar refractivity (Wildman–Crippen MR) is 106 cm³/mol. The van der Waals surface area contributed by atoms with E-state index in [0.29, 0.717) is 16.8 Å². The van der Waals surface area contributed by atoms with E-state index >= 15 is 0 Å². The van der Waals surface area contributed by atoms with Crippen molar-refractivity contribution < 1.29 is 24.2 Å². The van der Waals surface area contributed by atoms with Crippen LogP contribution in [0.15, 0.2) is 84.4 Å². The molecule has 3 aromatic carbocycles. The van der Waals surface area contributed by atoms with Gasteiger partial charge < -0.3 is 10.2 Å². The van der Waals surface area contributed by atoms with Gasteiger partial charge in [-0.05, 0) is 42.0 Å². The van der Waals surface area contributed by atoms with Gasteiger partial charge in [0.25, 0.3) is 11.7 Å². The summed E-state index contributed by atoms with van der Waals surface area (Å²) in [5.41, 5.74) is 0.929. The SMILES string of the molecule is O=C1C(=O)N(c2ccc(O)cc2)C(c2cccc(F)c2)/C1=C(/O)c1ccccc1. The molecule has 0 aliphatic carbocycles. The van der Waals surface area contributed by atoms with Gasteiger partial charge >= 0.3 is 0 Å². The Bertz CT molecular complexity index is 1120. The average molecular weight is 389 g/mol. The molecule has 0 bridgehead atoms. The zero-order chi connectivity index (χ0) is 20.5. The number of benzene rings is 3. The Morgan fingerprint density at radius 3 is 2.24 bits per heavy atom. The fourth-order valence-electron chi connectivity index (χ4n) is 3.46. The minimum atomic E-state index is -1.02. The first kappa shape index (κ1) is 18.4. The molecule has 2 N–H and O–H groups in total. The fraction of sp³-hybridized carbons (Fsp3) is 0.0435. The summed E-state index contributed by atoms with van der Waals surface area (Å²) in [6.45, 7) is 0. The minimum absolute atomic E-state index is 0.00285. The number of aliphatic hydroxyl groups is 1. The number of aliphatic hydroxyl groups excluding tert-OH is 1. The number of carbonyl (C=O) groups excluding carboxylic acids is 2. The lowest BCUT2D eigenvalue weighted by Crippen LogP contribution is -2.29. The third-order valence-electron chi connectivity index (χ3n) is 4.78. The first-order chi connectivity index (χ1) is 14.0. The van der Waals surface area contributed by atoms with E-state index in [-0.39, 0.29) is 17.1 Å². The Morgan fingerprint density at radius 2 is 1.59 bits per heavy atom. The Balaban J connectivity index is 1.96. The number of phenolic OH excluding ortho intramolecular Hbond substituents is 1. The van der Waals surface area contributed by atoms with E-state index in [9.17, 15) is 24.2 Å².